The summed E-state index contributed by atoms with van der Waals surface area (Å²) in [5.41, 5.74) is 1.36. The maximum absolute atomic E-state index is 12.4. The minimum absolute atomic E-state index is 0.326. The van der Waals surface area contributed by atoms with Crippen molar-refractivity contribution in [3.63, 3.8) is 0 Å². The molecule has 20 heavy (non-hydrogen) atoms. The van der Waals surface area contributed by atoms with Gasteiger partial charge in [0.2, 0.25) is 5.91 Å². The van der Waals surface area contributed by atoms with Crippen LogP contribution in [0.3, 0.4) is 0 Å². The van der Waals surface area contributed by atoms with Crippen molar-refractivity contribution in [3.8, 4) is 0 Å². The number of hydrogen-bond donors (Lipinski definition) is 0. The quantitative estimate of drug-likeness (QED) is 0.844. The minimum Gasteiger partial charge on any atom is -0.342 e. The zero-order chi connectivity index (χ0) is 13.8. The van der Waals surface area contributed by atoms with Crippen molar-refractivity contribution < 1.29 is 4.79 Å². The summed E-state index contributed by atoms with van der Waals surface area (Å²) in [6.45, 7) is 3.57. The molecule has 1 atom stereocenters. The molecule has 2 saturated heterocycles. The van der Waals surface area contributed by atoms with Gasteiger partial charge in [-0.3, -0.25) is 9.69 Å². The van der Waals surface area contributed by atoms with E-state index in [2.05, 4.69) is 40.1 Å². The minimum atomic E-state index is 0.326. The van der Waals surface area contributed by atoms with Gasteiger partial charge >= 0.3 is 0 Å². The van der Waals surface area contributed by atoms with E-state index in [4.69, 9.17) is 0 Å². The van der Waals surface area contributed by atoms with Crippen molar-refractivity contribution in [2.75, 3.05) is 26.2 Å². The fourth-order valence-corrected chi connectivity index (χ4v) is 3.49. The van der Waals surface area contributed by atoms with E-state index < -0.39 is 0 Å². The van der Waals surface area contributed by atoms with Gasteiger partial charge in [-0.1, -0.05) is 30.3 Å². The van der Waals surface area contributed by atoms with Crippen LogP contribution in [-0.2, 0) is 4.79 Å². The van der Waals surface area contributed by atoms with Crippen LogP contribution < -0.4 is 0 Å². The zero-order valence-corrected chi connectivity index (χ0v) is 12.1. The van der Waals surface area contributed by atoms with Crippen molar-refractivity contribution in [2.24, 2.45) is 0 Å². The van der Waals surface area contributed by atoms with E-state index in [-0.39, 0.29) is 0 Å². The van der Waals surface area contributed by atoms with Crippen LogP contribution in [0.2, 0.25) is 0 Å². The number of carbonyl (C=O) groups excluding carboxylic acids is 1. The molecule has 2 aliphatic heterocycles. The lowest BCUT2D eigenvalue weighted by molar-refractivity contribution is -0.133. The lowest BCUT2D eigenvalue weighted by atomic mass is 10.0. The first-order valence-electron chi connectivity index (χ1n) is 7.91. The number of amides is 1. The third kappa shape index (κ3) is 3.04. The van der Waals surface area contributed by atoms with Gasteiger partial charge in [0, 0.05) is 19.1 Å². The van der Waals surface area contributed by atoms with Gasteiger partial charge < -0.3 is 4.90 Å². The zero-order valence-electron chi connectivity index (χ0n) is 12.1. The van der Waals surface area contributed by atoms with Crippen molar-refractivity contribution in [2.45, 2.75) is 38.1 Å². The number of benzene rings is 1. The number of carbonyl (C=O) groups is 1. The maximum atomic E-state index is 12.4. The summed E-state index contributed by atoms with van der Waals surface area (Å²) in [4.78, 5) is 16.8. The summed E-state index contributed by atoms with van der Waals surface area (Å²) >= 11 is 0. The second kappa shape index (κ2) is 6.40. The monoisotopic (exact) mass is 272 g/mol. The fraction of sp³-hybridized carbons (Fsp3) is 0.588. The highest BCUT2D eigenvalue weighted by molar-refractivity contribution is 5.78. The average molecular weight is 272 g/mol. The second-order valence-corrected chi connectivity index (χ2v) is 5.98. The van der Waals surface area contributed by atoms with E-state index >= 15 is 0 Å². The first kappa shape index (κ1) is 13.6. The van der Waals surface area contributed by atoms with Gasteiger partial charge in [0.15, 0.2) is 0 Å². The first-order valence-corrected chi connectivity index (χ1v) is 7.91. The third-order valence-corrected chi connectivity index (χ3v) is 4.60. The van der Waals surface area contributed by atoms with Crippen molar-refractivity contribution in [3.05, 3.63) is 35.9 Å². The van der Waals surface area contributed by atoms with Crippen molar-refractivity contribution in [1.82, 2.24) is 9.80 Å². The Bertz CT molecular complexity index is 440. The Kier molecular flexibility index (Phi) is 4.36. The van der Waals surface area contributed by atoms with Crippen LogP contribution in [0.4, 0.5) is 0 Å². The lowest BCUT2D eigenvalue weighted by Crippen LogP contribution is -2.42. The molecule has 0 spiro atoms. The second-order valence-electron chi connectivity index (χ2n) is 5.98. The fourth-order valence-electron chi connectivity index (χ4n) is 3.49. The van der Waals surface area contributed by atoms with Gasteiger partial charge in [-0.2, -0.15) is 0 Å². The third-order valence-electron chi connectivity index (χ3n) is 4.60. The Morgan fingerprint density at radius 2 is 1.75 bits per heavy atom. The van der Waals surface area contributed by atoms with Gasteiger partial charge in [-0.25, -0.2) is 0 Å². The SMILES string of the molecule is O=C(CN1CCCC1c1ccccc1)N1CCCCC1. The number of likely N-dealkylation sites (tertiary alicyclic amines) is 2. The molecular weight excluding hydrogens is 248 g/mol. The molecule has 0 bridgehead atoms. The standard InChI is InChI=1S/C17H24N2O/c20-17(18-11-5-2-6-12-18)14-19-13-7-10-16(19)15-8-3-1-4-9-15/h1,3-4,8-9,16H,2,5-7,10-14H2. The van der Waals surface area contributed by atoms with E-state index in [0.29, 0.717) is 18.5 Å². The van der Waals surface area contributed by atoms with Gasteiger partial charge in [0.05, 0.1) is 6.54 Å². The molecule has 1 aromatic carbocycles. The molecule has 0 saturated carbocycles. The predicted molar refractivity (Wildman–Crippen MR) is 80.4 cm³/mol. The van der Waals surface area contributed by atoms with Crippen LogP contribution in [0.25, 0.3) is 0 Å². The topological polar surface area (TPSA) is 23.6 Å². The van der Waals surface area contributed by atoms with E-state index in [1.54, 1.807) is 0 Å². The van der Waals surface area contributed by atoms with Crippen LogP contribution in [0.15, 0.2) is 30.3 Å². The molecule has 2 fully saturated rings. The highest BCUT2D eigenvalue weighted by atomic mass is 16.2. The lowest BCUT2D eigenvalue weighted by Gasteiger charge is -2.30. The van der Waals surface area contributed by atoms with Gasteiger partial charge in [-0.05, 0) is 44.2 Å². The summed E-state index contributed by atoms with van der Waals surface area (Å²) in [5, 5.41) is 0. The van der Waals surface area contributed by atoms with Crippen LogP contribution in [0.1, 0.15) is 43.7 Å². The van der Waals surface area contributed by atoms with E-state index in [1.807, 2.05) is 0 Å². The Hall–Kier alpha value is -1.35. The molecular formula is C17H24N2O. The normalized spacial score (nSPS) is 24.0. The van der Waals surface area contributed by atoms with Crippen LogP contribution in [-0.4, -0.2) is 41.9 Å². The Labute approximate surface area is 121 Å². The summed E-state index contributed by atoms with van der Waals surface area (Å²) in [6, 6.07) is 11.1. The summed E-state index contributed by atoms with van der Waals surface area (Å²) < 4.78 is 0. The molecule has 108 valence electrons. The Balaban J connectivity index is 1.62. The van der Waals surface area contributed by atoms with Crippen molar-refractivity contribution >= 4 is 5.91 Å². The molecule has 1 unspecified atom stereocenters. The number of nitrogens with zero attached hydrogens (tertiary/aromatic N) is 2. The largest absolute Gasteiger partial charge is 0.342 e. The average Bonchev–Trinajstić information content (AvgIpc) is 2.97. The van der Waals surface area contributed by atoms with Crippen LogP contribution in [0.5, 0.6) is 0 Å². The molecule has 0 radical (unpaired) electrons. The molecule has 2 aliphatic rings. The Morgan fingerprint density at radius 3 is 2.50 bits per heavy atom. The molecule has 2 heterocycles. The molecule has 3 nitrogen and oxygen atoms in total. The maximum Gasteiger partial charge on any atom is 0.236 e. The first-order chi connectivity index (χ1) is 9.84. The van der Waals surface area contributed by atoms with Crippen LogP contribution in [0, 0.1) is 0 Å². The highest BCUT2D eigenvalue weighted by Gasteiger charge is 2.29. The summed E-state index contributed by atoms with van der Waals surface area (Å²) in [6.07, 6.45) is 6.01. The van der Waals surface area contributed by atoms with Gasteiger partial charge in [0.1, 0.15) is 0 Å². The van der Waals surface area contributed by atoms with E-state index in [9.17, 15) is 4.79 Å². The number of piperidine rings is 1. The molecule has 0 aliphatic carbocycles. The number of hydrogen-bond acceptors (Lipinski definition) is 2. The summed E-state index contributed by atoms with van der Waals surface area (Å²) in [7, 11) is 0. The molecule has 3 rings (SSSR count). The molecule has 1 aromatic rings. The molecule has 0 N–H and O–H groups in total. The molecule has 3 heteroatoms. The molecule has 1 amide bonds. The highest BCUT2D eigenvalue weighted by Crippen LogP contribution is 2.31. The summed E-state index contributed by atoms with van der Waals surface area (Å²) in [5.74, 6) is 0.326. The van der Waals surface area contributed by atoms with E-state index in [0.717, 1.165) is 19.6 Å². The smallest absolute Gasteiger partial charge is 0.236 e. The Morgan fingerprint density at radius 1 is 1.00 bits per heavy atom. The number of rotatable bonds is 3. The molecule has 0 aromatic heterocycles. The predicted octanol–water partition coefficient (Wildman–Crippen LogP) is 2.84. The van der Waals surface area contributed by atoms with Gasteiger partial charge in [-0.15, -0.1) is 0 Å². The van der Waals surface area contributed by atoms with Crippen molar-refractivity contribution in [1.29, 1.82) is 0 Å². The van der Waals surface area contributed by atoms with E-state index in [1.165, 1.54) is 37.7 Å². The van der Waals surface area contributed by atoms with Crippen LogP contribution >= 0.6 is 0 Å². The van der Waals surface area contributed by atoms with Gasteiger partial charge in [0.25, 0.3) is 0 Å².